The number of rotatable bonds is 32. The average molecular weight is 656 g/mol. The number of amides is 1. The molecule has 1 aliphatic heterocycles. The van der Waals surface area contributed by atoms with Gasteiger partial charge in [-0.05, 0) is 71.1 Å². The summed E-state index contributed by atoms with van der Waals surface area (Å²) in [7, 11) is 0. The largest absolute Gasteiger partial charge is 0.327 e. The molecule has 1 aliphatic rings. The molecule has 0 fully saturated rings. The quantitative estimate of drug-likeness (QED) is 0.0579. The van der Waals surface area contributed by atoms with Gasteiger partial charge < -0.3 is 5.73 Å². The van der Waals surface area contributed by atoms with E-state index in [0.717, 1.165) is 51.4 Å². The molecule has 3 atom stereocenters. The highest BCUT2D eigenvalue weighted by atomic mass is 16.2. The van der Waals surface area contributed by atoms with Crippen LogP contribution in [0.1, 0.15) is 195 Å². The number of hydrogen-bond acceptors (Lipinski definition) is 4. The van der Waals surface area contributed by atoms with Crippen LogP contribution in [0, 0.1) is 11.8 Å². The summed E-state index contributed by atoms with van der Waals surface area (Å²) in [5.41, 5.74) is 6.31. The Morgan fingerprint density at radius 1 is 0.638 bits per heavy atom. The van der Waals surface area contributed by atoms with Crippen molar-refractivity contribution in [1.29, 1.82) is 0 Å². The van der Waals surface area contributed by atoms with E-state index in [9.17, 15) is 9.59 Å². The fraction of sp³-hybridized carbons (Fsp3) is 0.833. The Morgan fingerprint density at radius 2 is 1.04 bits per heavy atom. The SMILES string of the molecule is CCCCCCCCC=CCCCCCCC(C)C(=O)N1CCN=C1C(=O)C(CCCCCCC=CCCCCCCCC)C(C)N. The minimum Gasteiger partial charge on any atom is -0.327 e. The lowest BCUT2D eigenvalue weighted by Gasteiger charge is -2.25. The van der Waals surface area contributed by atoms with Crippen molar-refractivity contribution in [3.05, 3.63) is 24.3 Å². The lowest BCUT2D eigenvalue weighted by Crippen LogP contribution is -2.46. The average Bonchev–Trinajstić information content (AvgIpc) is 3.56. The van der Waals surface area contributed by atoms with Gasteiger partial charge in [0.15, 0.2) is 5.84 Å². The second-order valence-corrected chi connectivity index (χ2v) is 14.5. The molecule has 272 valence electrons. The van der Waals surface area contributed by atoms with E-state index in [1.165, 1.54) is 116 Å². The van der Waals surface area contributed by atoms with E-state index in [0.29, 0.717) is 18.9 Å². The summed E-state index contributed by atoms with van der Waals surface area (Å²) in [4.78, 5) is 33.1. The highest BCUT2D eigenvalue weighted by Crippen LogP contribution is 2.22. The Bertz CT molecular complexity index is 862. The Kier molecular flexibility index (Phi) is 27.9. The maximum Gasteiger partial charge on any atom is 0.231 e. The topological polar surface area (TPSA) is 75.8 Å². The highest BCUT2D eigenvalue weighted by molar-refractivity contribution is 6.42. The first-order chi connectivity index (χ1) is 22.9. The van der Waals surface area contributed by atoms with E-state index in [4.69, 9.17) is 5.73 Å². The summed E-state index contributed by atoms with van der Waals surface area (Å²) in [6, 6.07) is -0.240. The van der Waals surface area contributed by atoms with Gasteiger partial charge in [0, 0.05) is 24.4 Å². The third kappa shape index (κ3) is 21.8. The third-order valence-corrected chi connectivity index (χ3v) is 9.90. The van der Waals surface area contributed by atoms with E-state index < -0.39 is 0 Å². The van der Waals surface area contributed by atoms with Crippen molar-refractivity contribution in [2.45, 2.75) is 201 Å². The number of ketones is 1. The molecule has 1 heterocycles. The lowest BCUT2D eigenvalue weighted by molar-refractivity contribution is -0.132. The molecule has 1 amide bonds. The van der Waals surface area contributed by atoms with Crippen LogP contribution in [0.3, 0.4) is 0 Å². The van der Waals surface area contributed by atoms with Crippen LogP contribution in [0.2, 0.25) is 0 Å². The van der Waals surface area contributed by atoms with Gasteiger partial charge in [-0.3, -0.25) is 19.5 Å². The van der Waals surface area contributed by atoms with Crippen LogP contribution < -0.4 is 5.73 Å². The molecule has 2 N–H and O–H groups in total. The molecule has 47 heavy (non-hydrogen) atoms. The summed E-state index contributed by atoms with van der Waals surface area (Å²) in [5.74, 6) is 0.0410. The van der Waals surface area contributed by atoms with Gasteiger partial charge in [0.05, 0.1) is 6.54 Å². The second-order valence-electron chi connectivity index (χ2n) is 14.5. The maximum atomic E-state index is 13.6. The molecule has 0 bridgehead atoms. The fourth-order valence-electron chi connectivity index (χ4n) is 6.66. The number of aliphatic imine (C=N–C) groups is 1. The van der Waals surface area contributed by atoms with Crippen molar-refractivity contribution in [3.63, 3.8) is 0 Å². The number of carbonyl (C=O) groups excluding carboxylic acids is 2. The normalized spacial score (nSPS) is 15.5. The zero-order chi connectivity index (χ0) is 34.4. The van der Waals surface area contributed by atoms with Crippen molar-refractivity contribution < 1.29 is 9.59 Å². The van der Waals surface area contributed by atoms with Crippen LogP contribution in [0.4, 0.5) is 0 Å². The predicted molar refractivity (Wildman–Crippen MR) is 205 cm³/mol. The molecule has 1 rings (SSSR count). The summed E-state index contributed by atoms with van der Waals surface area (Å²) in [6.07, 6.45) is 41.3. The molecule has 0 radical (unpaired) electrons. The van der Waals surface area contributed by atoms with E-state index in [2.05, 4.69) is 43.1 Å². The lowest BCUT2D eigenvalue weighted by atomic mass is 9.89. The molecule has 0 saturated heterocycles. The summed E-state index contributed by atoms with van der Waals surface area (Å²) >= 11 is 0. The first kappa shape index (κ1) is 43.3. The number of unbranched alkanes of at least 4 members (excludes halogenated alkanes) is 20. The van der Waals surface area contributed by atoms with Crippen molar-refractivity contribution in [2.24, 2.45) is 22.6 Å². The molecule has 0 aromatic carbocycles. The molecule has 0 spiro atoms. The van der Waals surface area contributed by atoms with Gasteiger partial charge in [0.2, 0.25) is 11.7 Å². The van der Waals surface area contributed by atoms with Crippen LogP contribution >= 0.6 is 0 Å². The molecular weight excluding hydrogens is 578 g/mol. The van der Waals surface area contributed by atoms with E-state index in [1.54, 1.807) is 4.90 Å². The van der Waals surface area contributed by atoms with Crippen LogP contribution in [0.25, 0.3) is 0 Å². The molecule has 5 heteroatoms. The van der Waals surface area contributed by atoms with Crippen molar-refractivity contribution in [3.8, 4) is 0 Å². The van der Waals surface area contributed by atoms with Crippen LogP contribution in [0.5, 0.6) is 0 Å². The second kappa shape index (κ2) is 30.3. The summed E-state index contributed by atoms with van der Waals surface area (Å²) in [5, 5.41) is 0. The Balaban J connectivity index is 2.25. The predicted octanol–water partition coefficient (Wildman–Crippen LogP) is 11.7. The highest BCUT2D eigenvalue weighted by Gasteiger charge is 2.35. The first-order valence-electron chi connectivity index (χ1n) is 20.4. The van der Waals surface area contributed by atoms with E-state index >= 15 is 0 Å². The van der Waals surface area contributed by atoms with Gasteiger partial charge in [-0.15, -0.1) is 0 Å². The number of hydrogen-bond donors (Lipinski definition) is 1. The number of nitrogens with two attached hydrogens (primary N) is 1. The van der Waals surface area contributed by atoms with Crippen molar-refractivity contribution in [2.75, 3.05) is 13.1 Å². The fourth-order valence-corrected chi connectivity index (χ4v) is 6.66. The standard InChI is InChI=1S/C42H77N3O2/c1-5-7-9-11-13-15-17-19-21-23-25-27-29-31-33-37(3)42(47)45-36-35-44-41(45)40(46)39(38(4)43)34-32-30-28-26-24-22-20-18-16-14-12-10-8-6-2/h19-22,37-39H,5-18,23-36,43H2,1-4H3. The number of allylic oxidation sites excluding steroid dienone is 4. The van der Waals surface area contributed by atoms with Gasteiger partial charge >= 0.3 is 0 Å². The van der Waals surface area contributed by atoms with Crippen LogP contribution in [0.15, 0.2) is 29.3 Å². The molecule has 5 nitrogen and oxygen atoms in total. The Hall–Kier alpha value is -1.75. The van der Waals surface area contributed by atoms with Crippen LogP contribution in [-0.4, -0.2) is 41.6 Å². The minimum absolute atomic E-state index is 0.0276. The minimum atomic E-state index is -0.269. The monoisotopic (exact) mass is 656 g/mol. The van der Waals surface area contributed by atoms with Gasteiger partial charge in [0.25, 0.3) is 0 Å². The smallest absolute Gasteiger partial charge is 0.231 e. The van der Waals surface area contributed by atoms with Crippen LogP contribution in [-0.2, 0) is 9.59 Å². The van der Waals surface area contributed by atoms with Crippen molar-refractivity contribution >= 4 is 17.5 Å². The van der Waals surface area contributed by atoms with Gasteiger partial charge in [-0.2, -0.15) is 0 Å². The van der Waals surface area contributed by atoms with Crippen molar-refractivity contribution in [1.82, 2.24) is 4.90 Å². The molecule has 0 aromatic rings. The number of amidine groups is 1. The Labute approximate surface area is 292 Å². The van der Waals surface area contributed by atoms with E-state index in [1.807, 2.05) is 13.8 Å². The number of nitrogens with zero attached hydrogens (tertiary/aromatic N) is 2. The Morgan fingerprint density at radius 3 is 1.49 bits per heavy atom. The van der Waals surface area contributed by atoms with Gasteiger partial charge in [-0.1, -0.05) is 148 Å². The molecule has 0 aromatic heterocycles. The number of Topliss-reactive ketones (excluding diaryl/α,β-unsaturated/α-hetero) is 1. The third-order valence-electron chi connectivity index (χ3n) is 9.90. The number of carbonyl (C=O) groups is 2. The summed E-state index contributed by atoms with van der Waals surface area (Å²) < 4.78 is 0. The molecule has 3 unspecified atom stereocenters. The zero-order valence-electron chi connectivity index (χ0n) is 31.6. The van der Waals surface area contributed by atoms with E-state index in [-0.39, 0.29) is 29.6 Å². The van der Waals surface area contributed by atoms with Gasteiger partial charge in [-0.25, -0.2) is 0 Å². The molecule has 0 saturated carbocycles. The van der Waals surface area contributed by atoms with Gasteiger partial charge in [0.1, 0.15) is 0 Å². The maximum absolute atomic E-state index is 13.6. The molecule has 0 aliphatic carbocycles. The summed E-state index contributed by atoms with van der Waals surface area (Å²) in [6.45, 7) is 9.51. The first-order valence-corrected chi connectivity index (χ1v) is 20.4. The zero-order valence-corrected chi connectivity index (χ0v) is 31.6. The molecular formula is C42H77N3O2.